The van der Waals surface area contributed by atoms with Crippen LogP contribution in [0.5, 0.6) is 0 Å². The molecule has 0 spiro atoms. The third-order valence-electron chi connectivity index (χ3n) is 6.75. The van der Waals surface area contributed by atoms with E-state index in [0.29, 0.717) is 24.9 Å². The number of carbonyl (C=O) groups excluding carboxylic acids is 1. The monoisotopic (exact) mass is 522 g/mol. The quantitative estimate of drug-likeness (QED) is 0.410. The molecule has 0 saturated carbocycles. The summed E-state index contributed by atoms with van der Waals surface area (Å²) in [6.07, 6.45) is 0.745. The van der Waals surface area contributed by atoms with Gasteiger partial charge in [0.1, 0.15) is 40.2 Å². The Bertz CT molecular complexity index is 1280. The number of carboxylic acid groups (broad SMARTS) is 1. The summed E-state index contributed by atoms with van der Waals surface area (Å²) >= 11 is 0. The first-order valence-electron chi connectivity index (χ1n) is 11.3. The normalized spacial score (nSPS) is 27.0. The van der Waals surface area contributed by atoms with Crippen molar-refractivity contribution in [2.75, 3.05) is 11.9 Å². The van der Waals surface area contributed by atoms with Crippen LogP contribution in [0.1, 0.15) is 55.4 Å². The standard InChI is InChI=1S/C23H28F2N6O4S/c1-12-10-13(24)11-26-17(12)19(32)29-16-8-7-14(25)18(28-16)23(4)15-6-5-9-27-36(15,35)22(2,3)20(31-23)30-21(33)34/h7-8,10-11,15,27,35H,5-6,9H2,1-4H3,(H,30,31)(H,33,34)(H,28,29,32)/t15-,23+/m1/s1. The molecule has 2 aliphatic rings. The zero-order valence-electron chi connectivity index (χ0n) is 20.2. The molecule has 4 rings (SSSR count). The Morgan fingerprint density at radius 1 is 1.22 bits per heavy atom. The smallest absolute Gasteiger partial charge is 0.410 e. The van der Waals surface area contributed by atoms with E-state index >= 15 is 4.39 Å². The lowest BCUT2D eigenvalue weighted by Gasteiger charge is -2.61. The number of aromatic nitrogens is 2. The Morgan fingerprint density at radius 2 is 1.94 bits per heavy atom. The lowest BCUT2D eigenvalue weighted by atomic mass is 9.88. The molecule has 13 heteroatoms. The number of anilines is 1. The number of pyridine rings is 2. The Hall–Kier alpha value is -3.16. The molecule has 3 atom stereocenters. The fraction of sp³-hybridized carbons (Fsp3) is 0.435. The van der Waals surface area contributed by atoms with E-state index in [1.165, 1.54) is 19.1 Å². The molecule has 4 heterocycles. The first-order valence-corrected chi connectivity index (χ1v) is 12.9. The second-order valence-electron chi connectivity index (χ2n) is 9.50. The van der Waals surface area contributed by atoms with Crippen molar-refractivity contribution >= 4 is 34.1 Å². The lowest BCUT2D eigenvalue weighted by Crippen LogP contribution is -2.63. The highest BCUT2D eigenvalue weighted by Crippen LogP contribution is 2.66. The highest BCUT2D eigenvalue weighted by Gasteiger charge is 2.61. The van der Waals surface area contributed by atoms with Crippen LogP contribution in [0.15, 0.2) is 29.4 Å². The summed E-state index contributed by atoms with van der Waals surface area (Å²) in [5, 5.41) is 13.7. The van der Waals surface area contributed by atoms with Crippen molar-refractivity contribution in [3.05, 3.63) is 53.0 Å². The highest BCUT2D eigenvalue weighted by atomic mass is 32.3. The van der Waals surface area contributed by atoms with Gasteiger partial charge in [0.05, 0.1) is 16.2 Å². The Balaban J connectivity index is 1.80. The van der Waals surface area contributed by atoms with Gasteiger partial charge in [-0.05, 0) is 64.3 Å². The molecule has 10 nitrogen and oxygen atoms in total. The van der Waals surface area contributed by atoms with E-state index in [0.717, 1.165) is 12.3 Å². The first kappa shape index (κ1) is 25.9. The predicted molar refractivity (Wildman–Crippen MR) is 132 cm³/mol. The van der Waals surface area contributed by atoms with Crippen molar-refractivity contribution < 1.29 is 28.0 Å². The molecule has 0 aliphatic carbocycles. The van der Waals surface area contributed by atoms with Gasteiger partial charge in [-0.15, -0.1) is 0 Å². The number of aryl methyl sites for hydroxylation is 1. The zero-order valence-corrected chi connectivity index (χ0v) is 21.0. The van der Waals surface area contributed by atoms with Gasteiger partial charge < -0.3 is 15.0 Å². The van der Waals surface area contributed by atoms with Crippen LogP contribution in [-0.2, 0) is 5.54 Å². The van der Waals surface area contributed by atoms with Crippen molar-refractivity contribution in [3.8, 4) is 0 Å². The van der Waals surface area contributed by atoms with E-state index in [-0.39, 0.29) is 23.0 Å². The predicted octanol–water partition coefficient (Wildman–Crippen LogP) is 3.93. The Labute approximate surface area is 208 Å². The van der Waals surface area contributed by atoms with E-state index < -0.39 is 49.7 Å². The average Bonchev–Trinajstić information content (AvgIpc) is 2.78. The van der Waals surface area contributed by atoms with Crippen LogP contribution in [0.3, 0.4) is 0 Å². The number of amidine groups is 1. The fourth-order valence-corrected chi connectivity index (χ4v) is 8.28. The van der Waals surface area contributed by atoms with Crippen molar-refractivity contribution in [1.29, 1.82) is 0 Å². The molecule has 1 fully saturated rings. The van der Waals surface area contributed by atoms with Crippen LogP contribution >= 0.6 is 10.5 Å². The summed E-state index contributed by atoms with van der Waals surface area (Å²) in [6, 6.07) is 3.56. The second-order valence-corrected chi connectivity index (χ2v) is 12.6. The lowest BCUT2D eigenvalue weighted by molar-refractivity contribution is 0.102. The van der Waals surface area contributed by atoms with Crippen LogP contribution in [0.25, 0.3) is 0 Å². The van der Waals surface area contributed by atoms with Gasteiger partial charge in [-0.3, -0.25) is 19.8 Å². The largest absolute Gasteiger partial charge is 0.465 e. The molecule has 2 aliphatic heterocycles. The SMILES string of the molecule is Cc1cc(F)cnc1C(=O)Nc1ccc(F)c([C@@]2(C)N=C(NC(=O)O)C(C)(C)[S@@]3(O)NCCC[C@H]23)n1. The maximum absolute atomic E-state index is 15.3. The van der Waals surface area contributed by atoms with Crippen molar-refractivity contribution in [2.45, 2.75) is 56.1 Å². The number of rotatable bonds is 3. The van der Waals surface area contributed by atoms with Gasteiger partial charge in [-0.1, -0.05) is 10.5 Å². The molecule has 0 radical (unpaired) electrons. The van der Waals surface area contributed by atoms with Crippen LogP contribution in [0.2, 0.25) is 0 Å². The molecule has 1 saturated heterocycles. The number of nitrogens with zero attached hydrogens (tertiary/aromatic N) is 3. The minimum Gasteiger partial charge on any atom is -0.465 e. The Morgan fingerprint density at radius 3 is 2.61 bits per heavy atom. The summed E-state index contributed by atoms with van der Waals surface area (Å²) in [6.45, 7) is 7.04. The number of fused-ring (bicyclic) bond motifs is 1. The number of hydrogen-bond donors (Lipinski definition) is 5. The van der Waals surface area contributed by atoms with Crippen LogP contribution < -0.4 is 15.4 Å². The van der Waals surface area contributed by atoms with Crippen molar-refractivity contribution in [1.82, 2.24) is 20.0 Å². The van der Waals surface area contributed by atoms with Crippen LogP contribution in [0.4, 0.5) is 19.4 Å². The second kappa shape index (κ2) is 9.05. The van der Waals surface area contributed by atoms with Gasteiger partial charge in [0.15, 0.2) is 0 Å². The average molecular weight is 523 g/mol. The van der Waals surface area contributed by atoms with E-state index in [1.54, 1.807) is 20.8 Å². The highest BCUT2D eigenvalue weighted by molar-refractivity contribution is 8.29. The van der Waals surface area contributed by atoms with Crippen molar-refractivity contribution in [2.24, 2.45) is 4.99 Å². The first-order chi connectivity index (χ1) is 16.8. The minimum atomic E-state index is -2.76. The van der Waals surface area contributed by atoms with Gasteiger partial charge >= 0.3 is 6.09 Å². The summed E-state index contributed by atoms with van der Waals surface area (Å²) in [7, 11) is -2.76. The fourth-order valence-electron chi connectivity index (χ4n) is 4.83. The van der Waals surface area contributed by atoms with Crippen LogP contribution in [0, 0.1) is 18.6 Å². The Kier molecular flexibility index (Phi) is 6.52. The summed E-state index contributed by atoms with van der Waals surface area (Å²) < 4.78 is 42.7. The van der Waals surface area contributed by atoms with Crippen LogP contribution in [-0.4, -0.2) is 54.0 Å². The number of aliphatic imine (C=N–C) groups is 1. The molecular weight excluding hydrogens is 494 g/mol. The van der Waals surface area contributed by atoms with E-state index in [1.807, 2.05) is 0 Å². The minimum absolute atomic E-state index is 0.00163. The maximum atomic E-state index is 15.3. The van der Waals surface area contributed by atoms with Gasteiger partial charge in [0.25, 0.3) is 5.91 Å². The molecule has 2 amide bonds. The molecule has 2 aromatic rings. The zero-order chi connectivity index (χ0) is 26.5. The third kappa shape index (κ3) is 4.20. The number of amides is 2. The number of halogens is 2. The van der Waals surface area contributed by atoms with E-state index in [9.17, 15) is 23.6 Å². The summed E-state index contributed by atoms with van der Waals surface area (Å²) in [4.78, 5) is 37.1. The molecule has 194 valence electrons. The van der Waals surface area contributed by atoms with Gasteiger partial charge in [0.2, 0.25) is 0 Å². The maximum Gasteiger partial charge on any atom is 0.410 e. The molecule has 0 aromatic carbocycles. The van der Waals surface area contributed by atoms with E-state index in [2.05, 4.69) is 30.3 Å². The molecular formula is C23H28F2N6O4S. The number of hydrogen-bond acceptors (Lipinski definition) is 7. The third-order valence-corrected chi connectivity index (χ3v) is 10.7. The van der Waals surface area contributed by atoms with Crippen molar-refractivity contribution in [3.63, 3.8) is 0 Å². The summed E-state index contributed by atoms with van der Waals surface area (Å²) in [5.74, 6) is -1.98. The van der Waals surface area contributed by atoms with Gasteiger partial charge in [-0.25, -0.2) is 23.5 Å². The topological polar surface area (TPSA) is 149 Å². The molecule has 36 heavy (non-hydrogen) atoms. The molecule has 0 bridgehead atoms. The van der Waals surface area contributed by atoms with E-state index in [4.69, 9.17) is 0 Å². The summed E-state index contributed by atoms with van der Waals surface area (Å²) in [5.41, 5.74) is -1.31. The van der Waals surface area contributed by atoms with Gasteiger partial charge in [-0.2, -0.15) is 0 Å². The molecule has 0 unspecified atom stereocenters. The number of carbonyl (C=O) groups is 2. The molecule has 2 aromatic heterocycles. The number of nitrogens with one attached hydrogen (secondary N) is 3. The molecule has 5 N–H and O–H groups in total. The van der Waals surface area contributed by atoms with Gasteiger partial charge in [0, 0.05) is 6.54 Å².